The van der Waals surface area contributed by atoms with Gasteiger partial charge >= 0.3 is 0 Å². The van der Waals surface area contributed by atoms with Crippen molar-refractivity contribution in [2.45, 2.75) is 26.4 Å². The van der Waals surface area contributed by atoms with Gasteiger partial charge in [-0.15, -0.1) is 24.0 Å². The molecule has 1 aliphatic rings. The van der Waals surface area contributed by atoms with Crippen LogP contribution in [-0.2, 0) is 4.79 Å². The molecule has 9 heteroatoms. The summed E-state index contributed by atoms with van der Waals surface area (Å²) in [5, 5.41) is 6.47. The molecule has 180 valence electrons. The van der Waals surface area contributed by atoms with Crippen LogP contribution in [0.2, 0.25) is 0 Å². The molecule has 1 unspecified atom stereocenters. The van der Waals surface area contributed by atoms with Gasteiger partial charge in [0.1, 0.15) is 17.7 Å². The van der Waals surface area contributed by atoms with Crippen molar-refractivity contribution in [1.29, 1.82) is 0 Å². The summed E-state index contributed by atoms with van der Waals surface area (Å²) < 4.78 is 5.94. The Balaban J connectivity index is 0.00000385. The van der Waals surface area contributed by atoms with Crippen LogP contribution in [0.3, 0.4) is 0 Å². The van der Waals surface area contributed by atoms with E-state index in [0.717, 1.165) is 37.7 Å². The SMILES string of the molecule is CN=C(NCCC(=O)N1CCN(c2ccccn2)CC1)NCC(C)Oc1cccc(C)c1.I. The minimum Gasteiger partial charge on any atom is -0.489 e. The Morgan fingerprint density at radius 3 is 2.61 bits per heavy atom. The molecule has 1 amide bonds. The molecule has 0 aliphatic carbocycles. The number of ether oxygens (including phenoxy) is 1. The number of hydrogen-bond acceptors (Lipinski definition) is 5. The number of guanidine groups is 1. The van der Waals surface area contributed by atoms with E-state index >= 15 is 0 Å². The van der Waals surface area contributed by atoms with Gasteiger partial charge in [0.15, 0.2) is 5.96 Å². The van der Waals surface area contributed by atoms with Gasteiger partial charge in [-0.3, -0.25) is 9.79 Å². The fraction of sp³-hybridized carbons (Fsp3) is 0.458. The smallest absolute Gasteiger partial charge is 0.224 e. The Labute approximate surface area is 213 Å². The van der Waals surface area contributed by atoms with E-state index in [0.29, 0.717) is 25.5 Å². The molecule has 2 aromatic rings. The molecule has 1 atom stereocenters. The number of aromatic nitrogens is 1. The maximum absolute atomic E-state index is 12.6. The molecule has 8 nitrogen and oxygen atoms in total. The van der Waals surface area contributed by atoms with Gasteiger partial charge in [-0.05, 0) is 43.7 Å². The van der Waals surface area contributed by atoms with Gasteiger partial charge in [0.05, 0.1) is 6.54 Å². The molecular formula is C24H35IN6O2. The lowest BCUT2D eigenvalue weighted by atomic mass is 10.2. The number of carbonyl (C=O) groups is 1. The van der Waals surface area contributed by atoms with Gasteiger partial charge in [-0.1, -0.05) is 18.2 Å². The summed E-state index contributed by atoms with van der Waals surface area (Å²) in [5.41, 5.74) is 1.17. The molecular weight excluding hydrogens is 531 g/mol. The minimum absolute atomic E-state index is 0. The number of aliphatic imine (C=N–C) groups is 1. The lowest BCUT2D eigenvalue weighted by molar-refractivity contribution is -0.131. The van der Waals surface area contributed by atoms with Crippen LogP contribution < -0.4 is 20.3 Å². The van der Waals surface area contributed by atoms with E-state index in [9.17, 15) is 4.79 Å². The lowest BCUT2D eigenvalue weighted by Crippen LogP contribution is -2.49. The highest BCUT2D eigenvalue weighted by atomic mass is 127. The van der Waals surface area contributed by atoms with Gasteiger partial charge < -0.3 is 25.2 Å². The highest BCUT2D eigenvalue weighted by molar-refractivity contribution is 14.0. The van der Waals surface area contributed by atoms with E-state index in [4.69, 9.17) is 4.74 Å². The van der Waals surface area contributed by atoms with E-state index in [2.05, 4.69) is 25.5 Å². The standard InChI is InChI=1S/C24H34N6O2.HI/c1-19-7-6-8-21(17-19)32-20(2)18-28-24(25-3)27-12-10-23(31)30-15-13-29(14-16-30)22-9-4-5-11-26-22;/h4-9,11,17,20H,10,12-16,18H2,1-3H3,(H2,25,27,28);1H. The number of carbonyl (C=O) groups excluding carboxylic acids is 1. The third kappa shape index (κ3) is 8.71. The van der Waals surface area contributed by atoms with Crippen molar-refractivity contribution in [2.75, 3.05) is 51.2 Å². The van der Waals surface area contributed by atoms with Crippen molar-refractivity contribution in [3.8, 4) is 5.75 Å². The molecule has 3 rings (SSSR count). The number of nitrogens with one attached hydrogen (secondary N) is 2. The van der Waals surface area contributed by atoms with E-state index in [1.165, 1.54) is 5.56 Å². The van der Waals surface area contributed by atoms with Crippen LogP contribution in [0.4, 0.5) is 5.82 Å². The normalized spacial score (nSPS) is 14.8. The number of benzene rings is 1. The Morgan fingerprint density at radius 2 is 1.94 bits per heavy atom. The van der Waals surface area contributed by atoms with Crippen molar-refractivity contribution in [3.05, 3.63) is 54.2 Å². The van der Waals surface area contributed by atoms with Crippen molar-refractivity contribution >= 4 is 41.7 Å². The fourth-order valence-corrected chi connectivity index (χ4v) is 3.60. The number of hydrogen-bond donors (Lipinski definition) is 2. The maximum atomic E-state index is 12.6. The lowest BCUT2D eigenvalue weighted by Gasteiger charge is -2.35. The predicted octanol–water partition coefficient (Wildman–Crippen LogP) is 2.68. The molecule has 2 heterocycles. The first-order valence-corrected chi connectivity index (χ1v) is 11.2. The number of anilines is 1. The van der Waals surface area contributed by atoms with Gasteiger partial charge in [0.2, 0.25) is 5.91 Å². The topological polar surface area (TPSA) is 82.1 Å². The molecule has 1 aromatic carbocycles. The van der Waals surface area contributed by atoms with E-state index in [1.54, 1.807) is 13.2 Å². The first-order valence-electron chi connectivity index (χ1n) is 11.2. The first-order chi connectivity index (χ1) is 15.5. The predicted molar refractivity (Wildman–Crippen MR) is 144 cm³/mol. The van der Waals surface area contributed by atoms with Crippen LogP contribution in [0.25, 0.3) is 0 Å². The van der Waals surface area contributed by atoms with Crippen LogP contribution in [0, 0.1) is 6.92 Å². The second kappa shape index (κ2) is 13.9. The van der Waals surface area contributed by atoms with Crippen LogP contribution in [0.1, 0.15) is 18.9 Å². The number of piperazine rings is 1. The highest BCUT2D eigenvalue weighted by Gasteiger charge is 2.21. The number of rotatable bonds is 8. The molecule has 33 heavy (non-hydrogen) atoms. The molecule has 1 aromatic heterocycles. The number of pyridine rings is 1. The van der Waals surface area contributed by atoms with E-state index < -0.39 is 0 Å². The summed E-state index contributed by atoms with van der Waals surface area (Å²) in [5.74, 6) is 2.65. The van der Waals surface area contributed by atoms with Crippen molar-refractivity contribution in [2.24, 2.45) is 4.99 Å². The van der Waals surface area contributed by atoms with Gasteiger partial charge in [-0.2, -0.15) is 0 Å². The first kappa shape index (κ1) is 26.7. The van der Waals surface area contributed by atoms with Crippen LogP contribution in [-0.4, -0.2) is 74.2 Å². The molecule has 0 bridgehead atoms. The van der Waals surface area contributed by atoms with E-state index in [-0.39, 0.29) is 36.0 Å². The van der Waals surface area contributed by atoms with Gasteiger partial charge in [-0.25, -0.2) is 4.98 Å². The Kier molecular flexibility index (Phi) is 11.2. The molecule has 2 N–H and O–H groups in total. The molecule has 0 spiro atoms. The third-order valence-corrected chi connectivity index (χ3v) is 5.34. The third-order valence-electron chi connectivity index (χ3n) is 5.34. The average molecular weight is 566 g/mol. The minimum atomic E-state index is -0.0209. The number of aryl methyl sites for hydroxylation is 1. The highest BCUT2D eigenvalue weighted by Crippen LogP contribution is 2.14. The zero-order chi connectivity index (χ0) is 22.8. The van der Waals surface area contributed by atoms with Gasteiger partial charge in [0.25, 0.3) is 0 Å². The maximum Gasteiger partial charge on any atom is 0.224 e. The average Bonchev–Trinajstić information content (AvgIpc) is 2.82. The quantitative estimate of drug-likeness (QED) is 0.291. The summed E-state index contributed by atoms with van der Waals surface area (Å²) in [6.07, 6.45) is 2.21. The number of halogens is 1. The zero-order valence-corrected chi connectivity index (χ0v) is 22.0. The summed E-state index contributed by atoms with van der Waals surface area (Å²) in [7, 11) is 1.72. The van der Waals surface area contributed by atoms with Crippen LogP contribution in [0.15, 0.2) is 53.7 Å². The second-order valence-corrected chi connectivity index (χ2v) is 7.93. The van der Waals surface area contributed by atoms with Crippen molar-refractivity contribution in [3.63, 3.8) is 0 Å². The van der Waals surface area contributed by atoms with Crippen LogP contribution >= 0.6 is 24.0 Å². The number of nitrogens with zero attached hydrogens (tertiary/aromatic N) is 4. The van der Waals surface area contributed by atoms with Crippen LogP contribution in [0.5, 0.6) is 5.75 Å². The summed E-state index contributed by atoms with van der Waals surface area (Å²) in [4.78, 5) is 25.3. The number of amides is 1. The van der Waals surface area contributed by atoms with E-state index in [1.807, 2.05) is 61.2 Å². The fourth-order valence-electron chi connectivity index (χ4n) is 3.60. The largest absolute Gasteiger partial charge is 0.489 e. The second-order valence-electron chi connectivity index (χ2n) is 7.93. The molecule has 1 aliphatic heterocycles. The molecule has 0 saturated carbocycles. The Bertz CT molecular complexity index is 888. The monoisotopic (exact) mass is 566 g/mol. The zero-order valence-electron chi connectivity index (χ0n) is 19.7. The summed E-state index contributed by atoms with van der Waals surface area (Å²) in [6, 6.07) is 13.9. The Hall–Kier alpha value is -2.56. The summed E-state index contributed by atoms with van der Waals surface area (Å²) in [6.45, 7) is 8.24. The van der Waals surface area contributed by atoms with Gasteiger partial charge in [0, 0.05) is 52.4 Å². The molecule has 0 radical (unpaired) electrons. The van der Waals surface area contributed by atoms with Crippen molar-refractivity contribution in [1.82, 2.24) is 20.5 Å². The molecule has 1 saturated heterocycles. The molecule has 1 fully saturated rings. The summed E-state index contributed by atoms with van der Waals surface area (Å²) >= 11 is 0. The van der Waals surface area contributed by atoms with Crippen molar-refractivity contribution < 1.29 is 9.53 Å². The Morgan fingerprint density at radius 1 is 1.15 bits per heavy atom.